The van der Waals surface area contributed by atoms with Crippen LogP contribution in [0.15, 0.2) is 36.4 Å². The van der Waals surface area contributed by atoms with Crippen molar-refractivity contribution >= 4 is 34.9 Å². The minimum absolute atomic E-state index is 0.0471. The molecule has 26 heavy (non-hydrogen) atoms. The average molecular weight is 385 g/mol. The number of hydrogen-bond acceptors (Lipinski definition) is 5. The van der Waals surface area contributed by atoms with Crippen molar-refractivity contribution in [1.29, 1.82) is 0 Å². The first-order chi connectivity index (χ1) is 12.2. The van der Waals surface area contributed by atoms with Gasteiger partial charge in [-0.15, -0.1) is 0 Å². The Morgan fingerprint density at radius 3 is 2.54 bits per heavy atom. The fraction of sp³-hybridized carbons (Fsp3) is 0.125. The highest BCUT2D eigenvalue weighted by atomic mass is 35.5. The molecule has 0 fully saturated rings. The van der Waals surface area contributed by atoms with Crippen LogP contribution in [0, 0.1) is 21.7 Å². The molecular formula is C16H11ClF2N2O5. The number of hydrogen-bond donors (Lipinski definition) is 1. The first kappa shape index (κ1) is 19.3. The van der Waals surface area contributed by atoms with Gasteiger partial charge in [-0.05, 0) is 31.2 Å². The van der Waals surface area contributed by atoms with Crippen LogP contribution in [0.5, 0.6) is 0 Å². The molecule has 1 atom stereocenters. The third-order valence-corrected chi connectivity index (χ3v) is 3.45. The number of benzene rings is 2. The van der Waals surface area contributed by atoms with Crippen LogP contribution in [0.25, 0.3) is 0 Å². The molecule has 0 aliphatic rings. The van der Waals surface area contributed by atoms with Crippen molar-refractivity contribution in [3.8, 4) is 0 Å². The largest absolute Gasteiger partial charge is 0.449 e. The summed E-state index contributed by atoms with van der Waals surface area (Å²) in [4.78, 5) is 34.2. The molecule has 0 aliphatic heterocycles. The van der Waals surface area contributed by atoms with E-state index in [9.17, 15) is 28.5 Å². The predicted molar refractivity (Wildman–Crippen MR) is 88.0 cm³/mol. The van der Waals surface area contributed by atoms with Crippen LogP contribution in [0.3, 0.4) is 0 Å². The summed E-state index contributed by atoms with van der Waals surface area (Å²) >= 11 is 5.66. The Kier molecular flexibility index (Phi) is 5.83. The van der Waals surface area contributed by atoms with Crippen molar-refractivity contribution < 1.29 is 28.0 Å². The van der Waals surface area contributed by atoms with E-state index in [2.05, 4.69) is 5.32 Å². The zero-order valence-corrected chi connectivity index (χ0v) is 13.9. The molecule has 0 saturated heterocycles. The molecule has 10 heteroatoms. The van der Waals surface area contributed by atoms with E-state index in [4.69, 9.17) is 16.3 Å². The Labute approximate surface area is 150 Å². The highest BCUT2D eigenvalue weighted by Gasteiger charge is 2.26. The van der Waals surface area contributed by atoms with Gasteiger partial charge in [-0.2, -0.15) is 0 Å². The maximum atomic E-state index is 13.5. The van der Waals surface area contributed by atoms with Crippen molar-refractivity contribution in [2.45, 2.75) is 13.0 Å². The number of anilines is 1. The molecule has 136 valence electrons. The van der Waals surface area contributed by atoms with Crippen LogP contribution in [-0.2, 0) is 9.53 Å². The van der Waals surface area contributed by atoms with Gasteiger partial charge in [0.25, 0.3) is 11.6 Å². The van der Waals surface area contributed by atoms with E-state index in [0.29, 0.717) is 6.07 Å². The number of halogens is 3. The Bertz CT molecular complexity index is 891. The lowest BCUT2D eigenvalue weighted by Gasteiger charge is -2.14. The maximum Gasteiger partial charge on any atom is 0.345 e. The number of amides is 1. The number of nitro groups is 1. The van der Waals surface area contributed by atoms with E-state index in [1.807, 2.05) is 0 Å². The smallest absolute Gasteiger partial charge is 0.345 e. The minimum Gasteiger partial charge on any atom is -0.449 e. The summed E-state index contributed by atoms with van der Waals surface area (Å²) in [6.45, 7) is 1.19. The van der Waals surface area contributed by atoms with Gasteiger partial charge in [-0.1, -0.05) is 11.6 Å². The Morgan fingerprint density at radius 1 is 1.23 bits per heavy atom. The van der Waals surface area contributed by atoms with Gasteiger partial charge in [0.05, 0.1) is 10.6 Å². The standard InChI is InChI=1S/C16H11ClF2N2O5/c1-8(15(22)20-13-5-3-10(18)7-12(13)19)26-16(23)11-4-2-9(17)6-14(11)21(24)25/h2-8H,1H3,(H,20,22). The maximum absolute atomic E-state index is 13.5. The molecule has 7 nitrogen and oxygen atoms in total. The van der Waals surface area contributed by atoms with Gasteiger partial charge in [0, 0.05) is 17.2 Å². The first-order valence-corrected chi connectivity index (χ1v) is 7.47. The number of rotatable bonds is 5. The van der Waals surface area contributed by atoms with Crippen LogP contribution < -0.4 is 5.32 Å². The summed E-state index contributed by atoms with van der Waals surface area (Å²) in [5.74, 6) is -3.86. The van der Waals surface area contributed by atoms with Crippen molar-refractivity contribution in [3.05, 3.63) is 68.7 Å². The monoisotopic (exact) mass is 384 g/mol. The first-order valence-electron chi connectivity index (χ1n) is 7.10. The highest BCUT2D eigenvalue weighted by molar-refractivity contribution is 6.31. The van der Waals surface area contributed by atoms with Gasteiger partial charge in [0.1, 0.15) is 17.2 Å². The van der Waals surface area contributed by atoms with Crippen molar-refractivity contribution in [3.63, 3.8) is 0 Å². The summed E-state index contributed by atoms with van der Waals surface area (Å²) in [5.41, 5.74) is -1.29. The number of esters is 1. The summed E-state index contributed by atoms with van der Waals surface area (Å²) < 4.78 is 31.2. The molecule has 0 aromatic heterocycles. The van der Waals surface area contributed by atoms with Crippen molar-refractivity contribution in [2.24, 2.45) is 0 Å². The topological polar surface area (TPSA) is 98.5 Å². The lowest BCUT2D eigenvalue weighted by atomic mass is 10.2. The SMILES string of the molecule is CC(OC(=O)c1ccc(Cl)cc1[N+](=O)[O-])C(=O)Nc1ccc(F)cc1F. The fourth-order valence-electron chi connectivity index (χ4n) is 1.93. The fourth-order valence-corrected chi connectivity index (χ4v) is 2.10. The lowest BCUT2D eigenvalue weighted by molar-refractivity contribution is -0.385. The molecule has 1 unspecified atom stereocenters. The molecule has 0 heterocycles. The summed E-state index contributed by atoms with van der Waals surface area (Å²) in [5, 5.41) is 13.2. The van der Waals surface area contributed by atoms with Crippen molar-refractivity contribution in [1.82, 2.24) is 0 Å². The number of nitro benzene ring substituents is 1. The van der Waals surface area contributed by atoms with Gasteiger partial charge in [-0.25, -0.2) is 13.6 Å². The molecule has 0 saturated carbocycles. The Hall–Kier alpha value is -3.07. The van der Waals surface area contributed by atoms with Gasteiger partial charge in [0.15, 0.2) is 6.10 Å². The molecule has 1 amide bonds. The Morgan fingerprint density at radius 2 is 1.92 bits per heavy atom. The average Bonchev–Trinajstić information content (AvgIpc) is 2.56. The zero-order valence-electron chi connectivity index (χ0n) is 13.2. The van der Waals surface area contributed by atoms with E-state index in [1.165, 1.54) is 13.0 Å². The second-order valence-electron chi connectivity index (χ2n) is 5.08. The summed E-state index contributed by atoms with van der Waals surface area (Å²) in [6.07, 6.45) is -1.40. The van der Waals surface area contributed by atoms with Crippen LogP contribution >= 0.6 is 11.6 Å². The van der Waals surface area contributed by atoms with Crippen LogP contribution in [0.1, 0.15) is 17.3 Å². The summed E-state index contributed by atoms with van der Waals surface area (Å²) in [6, 6.07) is 5.82. The van der Waals surface area contributed by atoms with E-state index in [1.54, 1.807) is 0 Å². The predicted octanol–water partition coefficient (Wildman–Crippen LogP) is 3.71. The molecule has 2 aromatic carbocycles. The Balaban J connectivity index is 2.11. The molecule has 0 aliphatic carbocycles. The molecular weight excluding hydrogens is 374 g/mol. The van der Waals surface area contributed by atoms with Gasteiger partial charge in [-0.3, -0.25) is 14.9 Å². The quantitative estimate of drug-likeness (QED) is 0.481. The number of carbonyl (C=O) groups is 2. The lowest BCUT2D eigenvalue weighted by Crippen LogP contribution is -2.30. The van der Waals surface area contributed by atoms with Crippen molar-refractivity contribution in [2.75, 3.05) is 5.32 Å². The third-order valence-electron chi connectivity index (χ3n) is 3.22. The zero-order chi connectivity index (χ0) is 19.4. The van der Waals surface area contributed by atoms with Gasteiger partial charge in [0.2, 0.25) is 0 Å². The van der Waals surface area contributed by atoms with Crippen LogP contribution in [0.2, 0.25) is 5.02 Å². The molecule has 2 rings (SSSR count). The van der Waals surface area contributed by atoms with Gasteiger partial charge < -0.3 is 10.1 Å². The van der Waals surface area contributed by atoms with Gasteiger partial charge >= 0.3 is 5.97 Å². The number of ether oxygens (including phenoxy) is 1. The number of nitrogens with one attached hydrogen (secondary N) is 1. The van der Waals surface area contributed by atoms with E-state index in [-0.39, 0.29) is 10.7 Å². The van der Waals surface area contributed by atoms with Crippen LogP contribution in [-0.4, -0.2) is 22.9 Å². The van der Waals surface area contributed by atoms with Crippen LogP contribution in [0.4, 0.5) is 20.2 Å². The molecule has 0 bridgehead atoms. The molecule has 0 radical (unpaired) electrons. The normalized spacial score (nSPS) is 11.5. The summed E-state index contributed by atoms with van der Waals surface area (Å²) in [7, 11) is 0. The third kappa shape index (κ3) is 4.51. The minimum atomic E-state index is -1.40. The second kappa shape index (κ2) is 7.87. The van der Waals surface area contributed by atoms with E-state index < -0.39 is 45.8 Å². The molecule has 1 N–H and O–H groups in total. The number of carbonyl (C=O) groups excluding carboxylic acids is 2. The second-order valence-corrected chi connectivity index (χ2v) is 5.52. The van der Waals surface area contributed by atoms with E-state index in [0.717, 1.165) is 24.3 Å². The van der Waals surface area contributed by atoms with E-state index >= 15 is 0 Å². The number of nitrogens with zero attached hydrogens (tertiary/aromatic N) is 1. The molecule has 2 aromatic rings. The molecule has 0 spiro atoms. The highest BCUT2D eigenvalue weighted by Crippen LogP contribution is 2.24.